The maximum absolute atomic E-state index is 13.1. The van der Waals surface area contributed by atoms with E-state index in [1.807, 2.05) is 26.8 Å². The maximum atomic E-state index is 13.1. The van der Waals surface area contributed by atoms with Crippen molar-refractivity contribution in [1.82, 2.24) is 20.9 Å². The Morgan fingerprint density at radius 2 is 1.76 bits per heavy atom. The number of carbonyl (C=O) groups excluding carboxylic acids is 5. The number of nitrogens with one attached hydrogen (secondary N) is 3. The summed E-state index contributed by atoms with van der Waals surface area (Å²) >= 11 is 0. The highest BCUT2D eigenvalue weighted by atomic mass is 16.6. The Balaban J connectivity index is 1.42. The predicted octanol–water partition coefficient (Wildman–Crippen LogP) is 1.81. The van der Waals surface area contributed by atoms with Crippen molar-refractivity contribution in [3.63, 3.8) is 0 Å². The van der Waals surface area contributed by atoms with Crippen LogP contribution in [0.1, 0.15) is 72.1 Å². The summed E-state index contributed by atoms with van der Waals surface area (Å²) in [5.74, 6) is -1.89. The first-order valence-corrected chi connectivity index (χ1v) is 11.9. The van der Waals surface area contributed by atoms with Crippen LogP contribution in [0.15, 0.2) is 22.9 Å². The Morgan fingerprint density at radius 3 is 2.44 bits per heavy atom. The molecule has 0 aromatic rings. The second-order valence-electron chi connectivity index (χ2n) is 9.73. The smallest absolute Gasteiger partial charge is 0.407 e. The molecule has 1 aliphatic carbocycles. The first-order chi connectivity index (χ1) is 16.1. The van der Waals surface area contributed by atoms with Crippen molar-refractivity contribution in [3.05, 3.63) is 22.9 Å². The van der Waals surface area contributed by atoms with Crippen molar-refractivity contribution in [3.8, 4) is 0 Å². The number of hydrogen-bond donors (Lipinski definition) is 3. The number of ether oxygens (including phenoxy) is 1. The Bertz CT molecular complexity index is 930. The van der Waals surface area contributed by atoms with Crippen molar-refractivity contribution < 1.29 is 28.7 Å². The summed E-state index contributed by atoms with van der Waals surface area (Å²) in [5.41, 5.74) is 0.916. The minimum atomic E-state index is -0.946. The zero-order chi connectivity index (χ0) is 24.9. The number of hydrogen-bond acceptors (Lipinski definition) is 7. The van der Waals surface area contributed by atoms with Gasteiger partial charge in [-0.25, -0.2) is 4.79 Å². The highest BCUT2D eigenvalue weighted by Gasteiger charge is 2.47. The molecule has 1 unspecified atom stereocenters. The summed E-state index contributed by atoms with van der Waals surface area (Å²) in [6.07, 6.45) is 6.44. The molecule has 5 amide bonds. The van der Waals surface area contributed by atoms with E-state index in [-0.39, 0.29) is 18.7 Å². The van der Waals surface area contributed by atoms with Gasteiger partial charge in [-0.3, -0.25) is 29.4 Å². The first kappa shape index (κ1) is 25.5. The lowest BCUT2D eigenvalue weighted by molar-refractivity contribution is -0.150. The molecule has 2 aliphatic heterocycles. The van der Waals surface area contributed by atoms with Crippen LogP contribution >= 0.6 is 0 Å². The van der Waals surface area contributed by atoms with Gasteiger partial charge in [-0.2, -0.15) is 0 Å². The van der Waals surface area contributed by atoms with E-state index in [9.17, 15) is 24.0 Å². The minimum absolute atomic E-state index is 0.104. The van der Waals surface area contributed by atoms with Crippen LogP contribution in [0.3, 0.4) is 0 Å². The Hall–Kier alpha value is -3.17. The van der Waals surface area contributed by atoms with Crippen LogP contribution in [0.2, 0.25) is 0 Å². The molecule has 186 valence electrons. The molecule has 3 rings (SSSR count). The predicted molar refractivity (Wildman–Crippen MR) is 123 cm³/mol. The van der Waals surface area contributed by atoms with Gasteiger partial charge in [0, 0.05) is 30.8 Å². The number of rotatable bonds is 9. The van der Waals surface area contributed by atoms with Crippen molar-refractivity contribution >= 4 is 29.7 Å². The van der Waals surface area contributed by atoms with Gasteiger partial charge in [0.25, 0.3) is 11.8 Å². The second kappa shape index (κ2) is 10.8. The molecule has 0 spiro atoms. The monoisotopic (exact) mass is 474 g/mol. The highest BCUT2D eigenvalue weighted by Crippen LogP contribution is 2.34. The number of allylic oxidation sites excluding steroid dienone is 1. The van der Waals surface area contributed by atoms with Gasteiger partial charge in [0.2, 0.25) is 11.8 Å². The molecular weight excluding hydrogens is 440 g/mol. The van der Waals surface area contributed by atoms with E-state index in [0.29, 0.717) is 42.8 Å². The lowest BCUT2D eigenvalue weighted by Crippen LogP contribution is -2.54. The van der Waals surface area contributed by atoms with Crippen molar-refractivity contribution in [1.29, 1.82) is 0 Å². The molecule has 1 fully saturated rings. The van der Waals surface area contributed by atoms with E-state index < -0.39 is 35.5 Å². The van der Waals surface area contributed by atoms with Crippen molar-refractivity contribution in [2.45, 2.75) is 83.8 Å². The lowest BCUT2D eigenvalue weighted by Gasteiger charge is -2.28. The van der Waals surface area contributed by atoms with E-state index in [0.717, 1.165) is 30.6 Å². The fourth-order valence-corrected chi connectivity index (χ4v) is 4.27. The molecular formula is C24H34N4O6. The molecule has 2 heterocycles. The molecule has 0 bridgehead atoms. The van der Waals surface area contributed by atoms with Crippen LogP contribution in [0.25, 0.3) is 0 Å². The largest absolute Gasteiger partial charge is 0.444 e. The molecule has 1 atom stereocenters. The number of carbonyl (C=O) groups is 5. The van der Waals surface area contributed by atoms with Crippen LogP contribution in [-0.2, 0) is 23.9 Å². The van der Waals surface area contributed by atoms with E-state index in [1.54, 1.807) is 0 Å². The average molecular weight is 475 g/mol. The third kappa shape index (κ3) is 6.24. The van der Waals surface area contributed by atoms with Gasteiger partial charge >= 0.3 is 6.09 Å². The van der Waals surface area contributed by atoms with E-state index in [2.05, 4.69) is 16.0 Å². The maximum Gasteiger partial charge on any atom is 0.407 e. The van der Waals surface area contributed by atoms with Crippen molar-refractivity contribution in [2.24, 2.45) is 0 Å². The third-order valence-corrected chi connectivity index (χ3v) is 5.83. The molecule has 1 saturated heterocycles. The van der Waals surface area contributed by atoms with Gasteiger partial charge in [0.15, 0.2) is 0 Å². The van der Waals surface area contributed by atoms with Crippen LogP contribution < -0.4 is 16.0 Å². The zero-order valence-corrected chi connectivity index (χ0v) is 20.1. The Kier molecular flexibility index (Phi) is 8.11. The van der Waals surface area contributed by atoms with E-state index in [1.165, 1.54) is 0 Å². The summed E-state index contributed by atoms with van der Waals surface area (Å²) < 4.78 is 5.19. The summed E-state index contributed by atoms with van der Waals surface area (Å²) in [4.78, 5) is 62.3. The second-order valence-corrected chi connectivity index (χ2v) is 9.73. The first-order valence-electron chi connectivity index (χ1n) is 11.9. The molecule has 0 radical (unpaired) electrons. The summed E-state index contributed by atoms with van der Waals surface area (Å²) in [6.45, 7) is 6.66. The van der Waals surface area contributed by atoms with Crippen LogP contribution in [-0.4, -0.2) is 59.4 Å². The molecule has 10 nitrogen and oxygen atoms in total. The van der Waals surface area contributed by atoms with Gasteiger partial charge in [-0.1, -0.05) is 18.9 Å². The summed E-state index contributed by atoms with van der Waals surface area (Å²) in [6, 6.07) is -0.946. The number of imide groups is 2. The normalized spacial score (nSPS) is 20.7. The van der Waals surface area contributed by atoms with Gasteiger partial charge in [0.1, 0.15) is 11.6 Å². The molecule has 3 N–H and O–H groups in total. The highest BCUT2D eigenvalue weighted by molar-refractivity contribution is 6.23. The van der Waals surface area contributed by atoms with Gasteiger partial charge in [-0.05, 0) is 52.9 Å². The fourth-order valence-electron chi connectivity index (χ4n) is 4.27. The number of piperidine rings is 1. The quantitative estimate of drug-likeness (QED) is 0.343. The third-order valence-electron chi connectivity index (χ3n) is 5.83. The van der Waals surface area contributed by atoms with E-state index >= 15 is 0 Å². The summed E-state index contributed by atoms with van der Waals surface area (Å²) in [7, 11) is 0. The molecule has 0 aromatic heterocycles. The molecule has 34 heavy (non-hydrogen) atoms. The lowest BCUT2D eigenvalue weighted by atomic mass is 9.96. The molecule has 0 aromatic carbocycles. The standard InChI is InChI=1S/C24H34N4O6/c1-24(2,3)34-23(33)26-14-7-5-4-6-13-25-16-10-8-9-15-19(16)22(32)28(21(15)31)17-11-12-18(29)27-20(17)30/h10,17,25H,4-9,11-14H2,1-3H3,(H,26,33)(H,27,29,30). The summed E-state index contributed by atoms with van der Waals surface area (Å²) in [5, 5.41) is 8.24. The van der Waals surface area contributed by atoms with Gasteiger partial charge in [0.05, 0.1) is 5.57 Å². The number of amides is 5. The van der Waals surface area contributed by atoms with Crippen LogP contribution in [0.5, 0.6) is 0 Å². The molecule has 0 saturated carbocycles. The number of unbranched alkanes of at least 4 members (excludes halogenated alkanes) is 3. The average Bonchev–Trinajstić information content (AvgIpc) is 3.00. The SMILES string of the molecule is CC(C)(C)OC(=O)NCCCCCCNC1=CCCC2=C1C(=O)N(C1CCC(=O)NC1=O)C2=O. The Morgan fingerprint density at radius 1 is 1.06 bits per heavy atom. The zero-order valence-electron chi connectivity index (χ0n) is 20.1. The molecule has 3 aliphatic rings. The number of nitrogens with zero attached hydrogens (tertiary/aromatic N) is 1. The number of alkyl carbamates (subject to hydrolysis) is 1. The topological polar surface area (TPSA) is 134 Å². The minimum Gasteiger partial charge on any atom is -0.444 e. The molecule has 10 heteroatoms. The fraction of sp³-hybridized carbons (Fsp3) is 0.625. The van der Waals surface area contributed by atoms with Crippen LogP contribution in [0.4, 0.5) is 4.79 Å². The van der Waals surface area contributed by atoms with E-state index in [4.69, 9.17) is 4.74 Å². The van der Waals surface area contributed by atoms with Gasteiger partial charge < -0.3 is 15.4 Å². The van der Waals surface area contributed by atoms with Crippen LogP contribution in [0, 0.1) is 0 Å². The van der Waals surface area contributed by atoms with Gasteiger partial charge in [-0.15, -0.1) is 0 Å². The Labute approximate surface area is 199 Å². The van der Waals surface area contributed by atoms with Crippen molar-refractivity contribution in [2.75, 3.05) is 13.1 Å².